The van der Waals surface area contributed by atoms with Crippen LogP contribution >= 0.6 is 0 Å². The fourth-order valence-corrected chi connectivity index (χ4v) is 6.07. The number of benzene rings is 2. The van der Waals surface area contributed by atoms with Crippen molar-refractivity contribution in [1.82, 2.24) is 14.8 Å². The summed E-state index contributed by atoms with van der Waals surface area (Å²) in [5, 5.41) is 27.2. The molecule has 1 fully saturated rings. The highest BCUT2D eigenvalue weighted by molar-refractivity contribution is 6.10. The molecule has 1 saturated heterocycles. The first-order valence-electron chi connectivity index (χ1n) is 14.8. The van der Waals surface area contributed by atoms with Crippen molar-refractivity contribution in [3.05, 3.63) is 90.0 Å². The lowest BCUT2D eigenvalue weighted by molar-refractivity contribution is -0.128. The molecule has 0 aliphatic carbocycles. The number of carbonyl (C=O) groups excluding carboxylic acids is 1. The van der Waals surface area contributed by atoms with Crippen molar-refractivity contribution in [2.45, 2.75) is 39.3 Å². The van der Waals surface area contributed by atoms with E-state index in [0.717, 1.165) is 11.1 Å². The summed E-state index contributed by atoms with van der Waals surface area (Å²) in [5.41, 5.74) is 5.47. The second-order valence-electron chi connectivity index (χ2n) is 11.1. The number of nitrogens with one attached hydrogen (secondary N) is 3. The van der Waals surface area contributed by atoms with Crippen LogP contribution in [0.4, 0.5) is 21.5 Å². The topological polar surface area (TPSA) is 114 Å². The molecule has 0 radical (unpaired) electrons. The number of hydrogen-bond acceptors (Lipinski definition) is 7. The zero-order chi connectivity index (χ0) is 31.5. The number of rotatable bonds is 8. The van der Waals surface area contributed by atoms with E-state index in [2.05, 4.69) is 28.8 Å². The predicted molar refractivity (Wildman–Crippen MR) is 172 cm³/mol. The number of piperazine rings is 1. The predicted octanol–water partition coefficient (Wildman–Crippen LogP) is 5.71. The Morgan fingerprint density at radius 3 is 2.82 bits per heavy atom. The lowest BCUT2D eigenvalue weighted by Gasteiger charge is -2.44. The quantitative estimate of drug-likeness (QED) is 0.194. The van der Waals surface area contributed by atoms with Gasteiger partial charge in [0.25, 0.3) is 0 Å². The van der Waals surface area contributed by atoms with E-state index in [-0.39, 0.29) is 24.4 Å². The molecule has 2 atom stereocenters. The number of ether oxygens (including phenoxy) is 1. The summed E-state index contributed by atoms with van der Waals surface area (Å²) in [7, 11) is 0. The Balaban J connectivity index is 1.72. The number of hydrogen-bond donors (Lipinski definition) is 4. The van der Waals surface area contributed by atoms with E-state index in [1.807, 2.05) is 30.9 Å². The molecule has 0 spiro atoms. The van der Waals surface area contributed by atoms with Crippen LogP contribution in [0.15, 0.2) is 61.8 Å². The van der Waals surface area contributed by atoms with Gasteiger partial charge in [0.2, 0.25) is 5.91 Å². The Morgan fingerprint density at radius 2 is 2.09 bits per heavy atom. The number of anilines is 3. The van der Waals surface area contributed by atoms with E-state index in [1.54, 1.807) is 36.2 Å². The molecule has 1 aromatic heterocycles. The van der Waals surface area contributed by atoms with Gasteiger partial charge in [0.1, 0.15) is 24.0 Å². The lowest BCUT2D eigenvalue weighted by Crippen LogP contribution is -2.57. The number of carbonyl (C=O) groups is 1. The standard InChI is InChI=1S/C34H39FN6O3/c1-6-17-44-27-10-8-9-25(35)29(27)24-18-26(39-31-20(3)11-13-38-33(31)22(5)42)30-32(21(24)4)37-14-12-23-19-40(28(43)7-2)15-16-41(23)34(30)36/h6-11,13,18,22-23,36-37,39,42H,1-2,12,14-17,19H2,3-5H3. The minimum Gasteiger partial charge on any atom is -0.489 e. The zero-order valence-corrected chi connectivity index (χ0v) is 25.4. The SMILES string of the molecule is C=CCOc1cccc(F)c1-c1cc(Nc2c(C)ccnc2C(C)O)c2c(c1C)NCCC1CN(C(=O)C=C)CCN1C2=N. The Bertz CT molecular complexity index is 1620. The summed E-state index contributed by atoms with van der Waals surface area (Å²) < 4.78 is 21.6. The summed E-state index contributed by atoms with van der Waals surface area (Å²) >= 11 is 0. The summed E-state index contributed by atoms with van der Waals surface area (Å²) in [6.45, 7) is 15.1. The van der Waals surface area contributed by atoms with E-state index >= 15 is 4.39 Å². The van der Waals surface area contributed by atoms with Crippen LogP contribution in [0.2, 0.25) is 0 Å². The monoisotopic (exact) mass is 598 g/mol. The Hall–Kier alpha value is -4.70. The normalized spacial score (nSPS) is 16.9. The number of aliphatic hydroxyl groups excluding tert-OH is 1. The first-order chi connectivity index (χ1) is 21.2. The number of aliphatic hydroxyl groups is 1. The van der Waals surface area contributed by atoms with E-state index in [1.165, 1.54) is 12.1 Å². The van der Waals surface area contributed by atoms with Gasteiger partial charge in [-0.2, -0.15) is 0 Å². The maximum atomic E-state index is 15.7. The van der Waals surface area contributed by atoms with Gasteiger partial charge in [-0.25, -0.2) is 4.39 Å². The fraction of sp³-hybridized carbons (Fsp3) is 0.324. The van der Waals surface area contributed by atoms with Crippen LogP contribution in [-0.4, -0.2) is 70.5 Å². The Kier molecular flexibility index (Phi) is 9.01. The molecule has 0 bridgehead atoms. The van der Waals surface area contributed by atoms with Gasteiger partial charge in [0.05, 0.1) is 40.0 Å². The molecule has 0 saturated carbocycles. The van der Waals surface area contributed by atoms with Crippen LogP contribution in [0.25, 0.3) is 11.1 Å². The molecular formula is C34H39FN6O3. The van der Waals surface area contributed by atoms with Crippen molar-refractivity contribution >= 4 is 28.8 Å². The van der Waals surface area contributed by atoms with Crippen LogP contribution in [0.5, 0.6) is 5.75 Å². The molecule has 2 unspecified atom stereocenters. The zero-order valence-electron chi connectivity index (χ0n) is 25.4. The third-order valence-corrected chi connectivity index (χ3v) is 8.30. The number of aryl methyl sites for hydroxylation is 1. The van der Waals surface area contributed by atoms with Gasteiger partial charge >= 0.3 is 0 Å². The second-order valence-corrected chi connectivity index (χ2v) is 11.1. The molecule has 2 aromatic carbocycles. The van der Waals surface area contributed by atoms with Gasteiger partial charge in [-0.15, -0.1) is 0 Å². The van der Waals surface area contributed by atoms with Crippen molar-refractivity contribution < 1.29 is 19.0 Å². The maximum absolute atomic E-state index is 15.7. The highest BCUT2D eigenvalue weighted by Gasteiger charge is 2.35. The van der Waals surface area contributed by atoms with Crippen LogP contribution in [0.1, 0.15) is 41.8 Å². The first kappa shape index (κ1) is 30.7. The fourth-order valence-electron chi connectivity index (χ4n) is 6.07. The van der Waals surface area contributed by atoms with Crippen molar-refractivity contribution in [2.75, 3.05) is 43.4 Å². The third-order valence-electron chi connectivity index (χ3n) is 8.30. The smallest absolute Gasteiger partial charge is 0.246 e. The van der Waals surface area contributed by atoms with E-state index in [4.69, 9.17) is 4.74 Å². The highest BCUT2D eigenvalue weighted by atomic mass is 19.1. The Labute approximate surface area is 257 Å². The molecule has 2 aliphatic heterocycles. The molecule has 5 rings (SSSR count). The van der Waals surface area contributed by atoms with Gasteiger partial charge in [-0.05, 0) is 74.2 Å². The van der Waals surface area contributed by atoms with Crippen molar-refractivity contribution in [2.24, 2.45) is 0 Å². The molecule has 10 heteroatoms. The number of amides is 1. The molecular weight excluding hydrogens is 559 g/mol. The van der Waals surface area contributed by atoms with Gasteiger partial charge in [0, 0.05) is 38.4 Å². The largest absolute Gasteiger partial charge is 0.489 e. The molecule has 1 amide bonds. The summed E-state index contributed by atoms with van der Waals surface area (Å²) in [6.07, 6.45) is 4.42. The first-order valence-corrected chi connectivity index (χ1v) is 14.8. The van der Waals surface area contributed by atoms with Gasteiger partial charge in [-0.1, -0.05) is 25.3 Å². The number of fused-ring (bicyclic) bond motifs is 2. The molecule has 3 heterocycles. The molecule has 230 valence electrons. The number of pyridine rings is 1. The molecule has 4 N–H and O–H groups in total. The van der Waals surface area contributed by atoms with Crippen LogP contribution in [-0.2, 0) is 4.79 Å². The summed E-state index contributed by atoms with van der Waals surface area (Å²) in [6, 6.07) is 8.35. The number of nitrogens with zero attached hydrogens (tertiary/aromatic N) is 3. The minimum atomic E-state index is -0.855. The van der Waals surface area contributed by atoms with Crippen LogP contribution in [0.3, 0.4) is 0 Å². The maximum Gasteiger partial charge on any atom is 0.246 e. The van der Waals surface area contributed by atoms with Crippen LogP contribution < -0.4 is 15.4 Å². The molecule has 44 heavy (non-hydrogen) atoms. The van der Waals surface area contributed by atoms with Crippen LogP contribution in [0, 0.1) is 25.1 Å². The van der Waals surface area contributed by atoms with Crippen molar-refractivity contribution in [3.8, 4) is 16.9 Å². The average molecular weight is 599 g/mol. The Morgan fingerprint density at radius 1 is 1.30 bits per heavy atom. The summed E-state index contributed by atoms with van der Waals surface area (Å²) in [5.74, 6) is 0.111. The van der Waals surface area contributed by atoms with E-state index < -0.39 is 11.9 Å². The van der Waals surface area contributed by atoms with Gasteiger partial charge in [0.15, 0.2) is 0 Å². The van der Waals surface area contributed by atoms with Crippen molar-refractivity contribution in [1.29, 1.82) is 5.41 Å². The number of halogens is 1. The second kappa shape index (κ2) is 12.9. The minimum absolute atomic E-state index is 0.0766. The average Bonchev–Trinajstić information content (AvgIpc) is 3.00. The number of aromatic nitrogens is 1. The molecule has 9 nitrogen and oxygen atoms in total. The third kappa shape index (κ3) is 5.77. The van der Waals surface area contributed by atoms with Gasteiger partial charge in [-0.3, -0.25) is 15.2 Å². The molecule has 2 aliphatic rings. The molecule has 3 aromatic rings. The summed E-state index contributed by atoms with van der Waals surface area (Å²) in [4.78, 5) is 20.7. The van der Waals surface area contributed by atoms with E-state index in [9.17, 15) is 15.3 Å². The number of amidine groups is 1. The highest BCUT2D eigenvalue weighted by Crippen LogP contribution is 2.44. The van der Waals surface area contributed by atoms with Gasteiger partial charge < -0.3 is 30.3 Å². The lowest BCUT2D eigenvalue weighted by atomic mass is 9.91. The van der Waals surface area contributed by atoms with E-state index in [0.29, 0.717) is 77.8 Å². The van der Waals surface area contributed by atoms with Crippen molar-refractivity contribution in [3.63, 3.8) is 0 Å².